The first-order chi connectivity index (χ1) is 11.4. The number of ether oxygens (including phenoxy) is 1. The van der Waals surface area contributed by atoms with Gasteiger partial charge >= 0.3 is 0 Å². The van der Waals surface area contributed by atoms with Crippen molar-refractivity contribution in [2.24, 2.45) is 0 Å². The highest BCUT2D eigenvalue weighted by Crippen LogP contribution is 2.26. The average Bonchev–Trinajstić information content (AvgIpc) is 2.56. The van der Waals surface area contributed by atoms with Crippen molar-refractivity contribution in [2.45, 2.75) is 6.92 Å². The molecule has 2 aromatic rings. The van der Waals surface area contributed by atoms with Crippen molar-refractivity contribution in [3.63, 3.8) is 0 Å². The van der Waals surface area contributed by atoms with Gasteiger partial charge in [0.1, 0.15) is 11.5 Å². The third kappa shape index (κ3) is 4.81. The summed E-state index contributed by atoms with van der Waals surface area (Å²) >= 11 is 17.9. The minimum Gasteiger partial charge on any atom is -0.499 e. The lowest BCUT2D eigenvalue weighted by Gasteiger charge is -2.15. The fourth-order valence-electron chi connectivity index (χ4n) is 1.86. The van der Waals surface area contributed by atoms with E-state index in [9.17, 15) is 4.79 Å². The van der Waals surface area contributed by atoms with Crippen molar-refractivity contribution < 1.29 is 9.53 Å². The van der Waals surface area contributed by atoms with E-state index in [0.29, 0.717) is 32.2 Å². The number of allylic oxidation sites excluding steroid dienone is 1. The summed E-state index contributed by atoms with van der Waals surface area (Å²) in [5, 5.41) is 7.19. The summed E-state index contributed by atoms with van der Waals surface area (Å²) in [7, 11) is 1.48. The average molecular weight is 386 g/mol. The van der Waals surface area contributed by atoms with Crippen LogP contribution in [-0.4, -0.2) is 13.0 Å². The van der Waals surface area contributed by atoms with Gasteiger partial charge in [0.25, 0.3) is 5.91 Å². The minimum atomic E-state index is -0.409. The van der Waals surface area contributed by atoms with Crippen LogP contribution in [0.1, 0.15) is 6.92 Å². The number of amides is 1. The number of hydrogen-bond acceptors (Lipinski definition) is 3. The van der Waals surface area contributed by atoms with Crippen molar-refractivity contribution in [3.8, 4) is 0 Å². The zero-order valence-electron chi connectivity index (χ0n) is 13.0. The largest absolute Gasteiger partial charge is 0.499 e. The molecule has 0 unspecified atom stereocenters. The van der Waals surface area contributed by atoms with E-state index in [2.05, 4.69) is 10.6 Å². The van der Waals surface area contributed by atoms with Gasteiger partial charge in [-0.1, -0.05) is 34.8 Å². The van der Waals surface area contributed by atoms with Crippen LogP contribution in [-0.2, 0) is 9.53 Å². The topological polar surface area (TPSA) is 50.4 Å². The Bertz CT molecular complexity index is 774. The predicted molar refractivity (Wildman–Crippen MR) is 99.9 cm³/mol. The van der Waals surface area contributed by atoms with E-state index >= 15 is 0 Å². The Balaban J connectivity index is 2.26. The Morgan fingerprint density at radius 1 is 0.958 bits per heavy atom. The lowest BCUT2D eigenvalue weighted by atomic mass is 10.2. The zero-order valence-corrected chi connectivity index (χ0v) is 15.3. The van der Waals surface area contributed by atoms with Gasteiger partial charge in [-0.3, -0.25) is 4.79 Å². The van der Waals surface area contributed by atoms with Gasteiger partial charge in [-0.15, -0.1) is 0 Å². The quantitative estimate of drug-likeness (QED) is 0.522. The highest BCUT2D eigenvalue weighted by molar-refractivity contribution is 6.36. The summed E-state index contributed by atoms with van der Waals surface area (Å²) in [5.41, 5.74) is 1.35. The molecule has 2 rings (SSSR count). The monoisotopic (exact) mass is 384 g/mol. The first-order valence-corrected chi connectivity index (χ1v) is 8.08. The van der Waals surface area contributed by atoms with Gasteiger partial charge in [-0.2, -0.15) is 0 Å². The van der Waals surface area contributed by atoms with Gasteiger partial charge < -0.3 is 15.4 Å². The molecule has 0 saturated carbocycles. The van der Waals surface area contributed by atoms with Gasteiger partial charge in [0.2, 0.25) is 0 Å². The number of carbonyl (C=O) groups is 1. The summed E-state index contributed by atoms with van der Waals surface area (Å²) in [4.78, 5) is 12.6. The molecule has 0 aliphatic heterocycles. The summed E-state index contributed by atoms with van der Waals surface area (Å²) < 4.78 is 5.19. The van der Waals surface area contributed by atoms with Gasteiger partial charge in [-0.25, -0.2) is 0 Å². The molecule has 2 aromatic carbocycles. The SMILES string of the molecule is CO/C(C)=C(/Nc1ccc(Cl)cc1)C(=O)Nc1cc(Cl)ccc1Cl. The molecule has 0 spiro atoms. The maximum absolute atomic E-state index is 12.6. The van der Waals surface area contributed by atoms with E-state index in [1.54, 1.807) is 49.4 Å². The highest BCUT2D eigenvalue weighted by atomic mass is 35.5. The third-order valence-electron chi connectivity index (χ3n) is 3.18. The number of anilines is 2. The van der Waals surface area contributed by atoms with Gasteiger partial charge in [-0.05, 0) is 49.4 Å². The van der Waals surface area contributed by atoms with Crippen LogP contribution >= 0.6 is 34.8 Å². The van der Waals surface area contributed by atoms with E-state index in [0.717, 1.165) is 0 Å². The second kappa shape index (κ2) is 8.29. The number of rotatable bonds is 5. The molecule has 0 radical (unpaired) electrons. The van der Waals surface area contributed by atoms with Crippen molar-refractivity contribution in [1.29, 1.82) is 0 Å². The molecule has 0 aliphatic carbocycles. The molecule has 0 bridgehead atoms. The first-order valence-electron chi connectivity index (χ1n) is 6.94. The number of carbonyl (C=O) groups excluding carboxylic acids is 1. The predicted octanol–water partition coefficient (Wildman–Crippen LogP) is 5.58. The molecular formula is C17H15Cl3N2O2. The summed E-state index contributed by atoms with van der Waals surface area (Å²) in [6, 6.07) is 11.8. The Hall–Kier alpha value is -1.88. The molecule has 4 nitrogen and oxygen atoms in total. The number of methoxy groups -OCH3 is 1. The number of benzene rings is 2. The molecule has 7 heteroatoms. The molecule has 24 heavy (non-hydrogen) atoms. The maximum atomic E-state index is 12.6. The highest BCUT2D eigenvalue weighted by Gasteiger charge is 2.16. The number of hydrogen-bond donors (Lipinski definition) is 2. The van der Waals surface area contributed by atoms with Crippen LogP contribution in [0.3, 0.4) is 0 Å². The van der Waals surface area contributed by atoms with E-state index in [1.165, 1.54) is 7.11 Å². The number of halogens is 3. The van der Waals surface area contributed by atoms with Crippen LogP contribution in [0.15, 0.2) is 53.9 Å². The molecule has 1 amide bonds. The van der Waals surface area contributed by atoms with Crippen molar-refractivity contribution in [1.82, 2.24) is 0 Å². The summed E-state index contributed by atoms with van der Waals surface area (Å²) in [6.07, 6.45) is 0. The van der Waals surface area contributed by atoms with Crippen LogP contribution < -0.4 is 10.6 Å². The standard InChI is InChI=1S/C17H15Cl3N2O2/c1-10(24-2)16(21-13-6-3-11(18)4-7-13)17(23)22-15-9-12(19)5-8-14(15)20/h3-9,21H,1-2H3,(H,22,23)/b16-10+. The molecular weight excluding hydrogens is 371 g/mol. The second-order valence-corrected chi connectivity index (χ2v) is 6.13. The molecule has 0 fully saturated rings. The first kappa shape index (κ1) is 18.5. The Kier molecular flexibility index (Phi) is 6.37. The van der Waals surface area contributed by atoms with E-state index in [1.807, 2.05) is 0 Å². The van der Waals surface area contributed by atoms with Crippen LogP contribution in [0, 0.1) is 0 Å². The normalized spacial score (nSPS) is 11.5. The van der Waals surface area contributed by atoms with Crippen molar-refractivity contribution in [3.05, 3.63) is 69.0 Å². The zero-order chi connectivity index (χ0) is 17.7. The molecule has 0 saturated heterocycles. The molecule has 0 aromatic heterocycles. The van der Waals surface area contributed by atoms with Gasteiger partial charge in [0, 0.05) is 15.7 Å². The maximum Gasteiger partial charge on any atom is 0.275 e. The molecule has 2 N–H and O–H groups in total. The van der Waals surface area contributed by atoms with Crippen LogP contribution in [0.25, 0.3) is 0 Å². The molecule has 0 heterocycles. The fraction of sp³-hybridized carbons (Fsp3) is 0.118. The smallest absolute Gasteiger partial charge is 0.275 e. The van der Waals surface area contributed by atoms with E-state index in [-0.39, 0.29) is 5.70 Å². The number of nitrogens with one attached hydrogen (secondary N) is 2. The summed E-state index contributed by atoms with van der Waals surface area (Å²) in [6.45, 7) is 1.68. The van der Waals surface area contributed by atoms with E-state index in [4.69, 9.17) is 39.5 Å². The van der Waals surface area contributed by atoms with Crippen molar-refractivity contribution >= 4 is 52.1 Å². The van der Waals surface area contributed by atoms with Gasteiger partial charge in [0.05, 0.1) is 17.8 Å². The summed E-state index contributed by atoms with van der Waals surface area (Å²) in [5.74, 6) is 0.00840. The lowest BCUT2D eigenvalue weighted by Crippen LogP contribution is -2.22. The fourth-order valence-corrected chi connectivity index (χ4v) is 2.33. The van der Waals surface area contributed by atoms with E-state index < -0.39 is 5.91 Å². The minimum absolute atomic E-state index is 0.246. The molecule has 126 valence electrons. The lowest BCUT2D eigenvalue weighted by molar-refractivity contribution is -0.112. The van der Waals surface area contributed by atoms with Crippen LogP contribution in [0.4, 0.5) is 11.4 Å². The van der Waals surface area contributed by atoms with Gasteiger partial charge in [0.15, 0.2) is 0 Å². The van der Waals surface area contributed by atoms with Crippen LogP contribution in [0.2, 0.25) is 15.1 Å². The molecule has 0 aliphatic rings. The Morgan fingerprint density at radius 3 is 2.21 bits per heavy atom. The third-order valence-corrected chi connectivity index (χ3v) is 3.99. The Morgan fingerprint density at radius 2 is 1.58 bits per heavy atom. The second-order valence-electron chi connectivity index (χ2n) is 4.85. The Labute approximate surface area is 155 Å². The molecule has 0 atom stereocenters. The van der Waals surface area contributed by atoms with Crippen molar-refractivity contribution in [2.75, 3.05) is 17.7 Å². The van der Waals surface area contributed by atoms with Crippen LogP contribution in [0.5, 0.6) is 0 Å².